The fourth-order valence-corrected chi connectivity index (χ4v) is 9.06. The molecular weight excluding hydrogens is 723 g/mol. The van der Waals surface area contributed by atoms with Crippen molar-refractivity contribution in [2.24, 2.45) is 11.5 Å². The van der Waals surface area contributed by atoms with Crippen LogP contribution in [0, 0.1) is 0 Å². The third-order valence-corrected chi connectivity index (χ3v) is 12.3. The standard InChI is InChI=1S/C28H49N7O6S6/c1-31-18(5-8-46-21-9-23(36)34(27(21)40)19(11-29)25(38)32-16(13-43)3-6-42)15-47-22-10-24(37)35(28(22)41)20(12-30)26(39)33-17(14-44)4-7-45-2/h16-22,31,42-44H,3-15,29-30H2,1-2H3,(H,32,38)(H,33,39). The lowest BCUT2D eigenvalue weighted by Crippen LogP contribution is -2.55. The molecule has 0 saturated carbocycles. The summed E-state index contributed by atoms with van der Waals surface area (Å²) in [5.74, 6) is 0.555. The third kappa shape index (κ3) is 12.2. The number of nitrogens with one attached hydrogen (secondary N) is 3. The summed E-state index contributed by atoms with van der Waals surface area (Å²) < 4.78 is 0. The van der Waals surface area contributed by atoms with Crippen molar-refractivity contribution in [3.05, 3.63) is 0 Å². The van der Waals surface area contributed by atoms with Gasteiger partial charge in [0.2, 0.25) is 35.4 Å². The van der Waals surface area contributed by atoms with Crippen LogP contribution in [0.4, 0.5) is 0 Å². The highest BCUT2D eigenvalue weighted by atomic mass is 32.2. The first-order chi connectivity index (χ1) is 22.5. The summed E-state index contributed by atoms with van der Waals surface area (Å²) in [5, 5.41) is 7.63. The summed E-state index contributed by atoms with van der Waals surface area (Å²) in [6.07, 6.45) is 3.85. The van der Waals surface area contributed by atoms with Crippen molar-refractivity contribution in [1.82, 2.24) is 25.8 Å². The molecule has 0 aromatic rings. The van der Waals surface area contributed by atoms with E-state index in [0.29, 0.717) is 48.0 Å². The Bertz CT molecular complexity index is 1090. The van der Waals surface area contributed by atoms with Gasteiger partial charge in [0, 0.05) is 61.3 Å². The van der Waals surface area contributed by atoms with Gasteiger partial charge in [0.15, 0.2) is 0 Å². The molecule has 47 heavy (non-hydrogen) atoms. The van der Waals surface area contributed by atoms with Crippen molar-refractivity contribution in [2.45, 2.75) is 72.8 Å². The number of nitrogens with zero attached hydrogens (tertiary/aromatic N) is 2. The average molecular weight is 772 g/mol. The molecule has 7 N–H and O–H groups in total. The van der Waals surface area contributed by atoms with E-state index in [1.165, 1.54) is 23.5 Å². The quantitative estimate of drug-likeness (QED) is 0.0479. The molecule has 0 aromatic carbocycles. The molecular formula is C28H49N7O6S6. The maximum absolute atomic E-state index is 13.3. The van der Waals surface area contributed by atoms with Crippen LogP contribution in [0.2, 0.25) is 0 Å². The summed E-state index contributed by atoms with van der Waals surface area (Å²) >= 11 is 17.1. The lowest BCUT2D eigenvalue weighted by Gasteiger charge is -2.27. The van der Waals surface area contributed by atoms with Crippen LogP contribution < -0.4 is 27.4 Å². The van der Waals surface area contributed by atoms with Gasteiger partial charge in [-0.15, -0.1) is 23.5 Å². The molecule has 2 rings (SSSR count). The number of nitrogens with two attached hydrogens (primary N) is 2. The van der Waals surface area contributed by atoms with E-state index in [4.69, 9.17) is 11.5 Å². The molecule has 0 aliphatic carbocycles. The van der Waals surface area contributed by atoms with Gasteiger partial charge in [0.05, 0.1) is 10.5 Å². The fraction of sp³-hybridized carbons (Fsp3) is 0.786. The number of carbonyl (C=O) groups excluding carboxylic acids is 6. The predicted molar refractivity (Wildman–Crippen MR) is 202 cm³/mol. The largest absolute Gasteiger partial charge is 0.351 e. The Labute approximate surface area is 306 Å². The molecule has 19 heteroatoms. The van der Waals surface area contributed by atoms with Crippen molar-refractivity contribution >= 4 is 109 Å². The van der Waals surface area contributed by atoms with Gasteiger partial charge in [0.1, 0.15) is 12.1 Å². The minimum absolute atomic E-state index is 0.0183. The molecule has 2 heterocycles. The Balaban J connectivity index is 1.90. The summed E-state index contributed by atoms with van der Waals surface area (Å²) in [6.45, 7) is -0.369. The molecule has 2 aliphatic rings. The van der Waals surface area contributed by atoms with Gasteiger partial charge >= 0.3 is 0 Å². The number of imide groups is 2. The maximum Gasteiger partial charge on any atom is 0.244 e. The van der Waals surface area contributed by atoms with Gasteiger partial charge < -0.3 is 27.4 Å². The second-order valence-corrected chi connectivity index (χ2v) is 15.9. The Hall–Kier alpha value is -0.800. The summed E-state index contributed by atoms with van der Waals surface area (Å²) in [5.41, 5.74) is 11.7. The van der Waals surface area contributed by atoms with E-state index in [1.807, 2.05) is 6.26 Å². The van der Waals surface area contributed by atoms with Crippen LogP contribution >= 0.6 is 73.2 Å². The number of carbonyl (C=O) groups is 6. The minimum atomic E-state index is -1.09. The summed E-state index contributed by atoms with van der Waals surface area (Å²) in [4.78, 5) is 80.0. The van der Waals surface area contributed by atoms with Crippen LogP contribution in [0.15, 0.2) is 0 Å². The second kappa shape index (κ2) is 22.1. The summed E-state index contributed by atoms with van der Waals surface area (Å²) in [7, 11) is 1.79. The Morgan fingerprint density at radius 2 is 1.26 bits per heavy atom. The van der Waals surface area contributed by atoms with Crippen LogP contribution in [0.25, 0.3) is 0 Å². The number of rotatable bonds is 23. The van der Waals surface area contributed by atoms with E-state index in [1.54, 1.807) is 18.8 Å². The number of hydrogen-bond donors (Lipinski definition) is 8. The molecule has 0 radical (unpaired) electrons. The maximum atomic E-state index is 13.3. The van der Waals surface area contributed by atoms with Crippen molar-refractivity contribution < 1.29 is 28.8 Å². The lowest BCUT2D eigenvalue weighted by molar-refractivity contribution is -0.146. The van der Waals surface area contributed by atoms with Gasteiger partial charge in [-0.25, -0.2) is 0 Å². The summed E-state index contributed by atoms with van der Waals surface area (Å²) in [6, 6.07) is -2.67. The minimum Gasteiger partial charge on any atom is -0.351 e. The SMILES string of the molecule is CNC(CCSC1CC(=O)N(C(CN)C(=O)NC(CS)CCS)C1=O)CSC1CC(=O)N(C(CN)C(=O)NC(CS)CCSC)C1=O. The molecule has 2 aliphatic heterocycles. The van der Waals surface area contributed by atoms with E-state index in [2.05, 4.69) is 53.8 Å². The average Bonchev–Trinajstić information content (AvgIpc) is 3.49. The third-order valence-electron chi connectivity index (χ3n) is 7.93. The fourth-order valence-electron chi connectivity index (χ4n) is 5.14. The molecule has 0 aromatic heterocycles. The Morgan fingerprint density at radius 1 is 0.787 bits per heavy atom. The van der Waals surface area contributed by atoms with Gasteiger partial charge in [-0.2, -0.15) is 49.6 Å². The number of thiol groups is 3. The molecule has 2 saturated heterocycles. The van der Waals surface area contributed by atoms with Gasteiger partial charge in [-0.3, -0.25) is 38.6 Å². The monoisotopic (exact) mass is 771 g/mol. The highest BCUT2D eigenvalue weighted by Crippen LogP contribution is 2.30. The number of thioether (sulfide) groups is 3. The Kier molecular flexibility index (Phi) is 19.9. The van der Waals surface area contributed by atoms with Crippen LogP contribution in [0.3, 0.4) is 0 Å². The predicted octanol–water partition coefficient (Wildman–Crippen LogP) is -0.757. The zero-order valence-electron chi connectivity index (χ0n) is 26.8. The molecule has 268 valence electrons. The molecule has 0 bridgehead atoms. The van der Waals surface area contributed by atoms with Crippen LogP contribution in [-0.4, -0.2) is 147 Å². The first-order valence-corrected chi connectivity index (χ1v) is 20.8. The van der Waals surface area contributed by atoms with Crippen molar-refractivity contribution in [3.8, 4) is 0 Å². The molecule has 0 spiro atoms. The van der Waals surface area contributed by atoms with E-state index in [-0.39, 0.29) is 44.1 Å². The number of hydrogen-bond acceptors (Lipinski definition) is 15. The zero-order valence-corrected chi connectivity index (χ0v) is 31.9. The molecule has 7 atom stereocenters. The van der Waals surface area contributed by atoms with Crippen LogP contribution in [0.1, 0.15) is 32.1 Å². The van der Waals surface area contributed by atoms with E-state index >= 15 is 0 Å². The smallest absolute Gasteiger partial charge is 0.244 e. The number of amides is 6. The zero-order chi connectivity index (χ0) is 35.1. The van der Waals surface area contributed by atoms with Crippen molar-refractivity contribution in [2.75, 3.05) is 60.9 Å². The van der Waals surface area contributed by atoms with E-state index in [0.717, 1.165) is 15.6 Å². The van der Waals surface area contributed by atoms with Crippen molar-refractivity contribution in [1.29, 1.82) is 0 Å². The Morgan fingerprint density at radius 3 is 1.68 bits per heavy atom. The number of likely N-dealkylation sites (tertiary alicyclic amines) is 2. The second-order valence-electron chi connectivity index (χ2n) is 11.1. The highest BCUT2D eigenvalue weighted by molar-refractivity contribution is 8.01. The van der Waals surface area contributed by atoms with Gasteiger partial charge in [-0.1, -0.05) is 0 Å². The molecule has 7 unspecified atom stereocenters. The van der Waals surface area contributed by atoms with Gasteiger partial charge in [0.25, 0.3) is 0 Å². The molecule has 2 fully saturated rings. The normalized spacial score (nSPS) is 21.6. The van der Waals surface area contributed by atoms with Crippen LogP contribution in [0.5, 0.6) is 0 Å². The molecule has 6 amide bonds. The first kappa shape index (κ1) is 42.4. The van der Waals surface area contributed by atoms with E-state index < -0.39 is 58.0 Å². The van der Waals surface area contributed by atoms with E-state index in [9.17, 15) is 28.8 Å². The highest BCUT2D eigenvalue weighted by Gasteiger charge is 2.46. The van der Waals surface area contributed by atoms with Crippen molar-refractivity contribution in [3.63, 3.8) is 0 Å². The first-order valence-electron chi connectivity index (χ1n) is 15.5. The van der Waals surface area contributed by atoms with Crippen LogP contribution in [-0.2, 0) is 28.8 Å². The topological polar surface area (TPSA) is 197 Å². The lowest BCUT2D eigenvalue weighted by atomic mass is 10.2. The van der Waals surface area contributed by atoms with Gasteiger partial charge in [-0.05, 0) is 49.8 Å². The molecule has 13 nitrogen and oxygen atoms in total.